The Hall–Kier alpha value is 3.12. The average molecular weight is 378 g/mol. The summed E-state index contributed by atoms with van der Waals surface area (Å²) in [6.07, 6.45) is 3.09. The zero-order valence-corrected chi connectivity index (χ0v) is 15.9. The summed E-state index contributed by atoms with van der Waals surface area (Å²) in [6, 6.07) is 0. The molecule has 3 heterocycles. The molecule has 3 saturated heterocycles. The number of rotatable bonds is 0. The van der Waals surface area contributed by atoms with Gasteiger partial charge in [-0.15, -0.1) is 0 Å². The number of fused-ring (bicyclic) bond motifs is 3. The third-order valence-corrected chi connectivity index (χ3v) is 8.79. The molecular formula is C8H12S2SiY2. The predicted molar refractivity (Wildman–Crippen MR) is 55.0 cm³/mol. The van der Waals surface area contributed by atoms with Gasteiger partial charge < -0.3 is 0 Å². The molecular weight excluding hydrogens is 366 g/mol. The fraction of sp³-hybridized carbons (Fsp3) is 1.00. The van der Waals surface area contributed by atoms with Crippen LogP contribution in [0.3, 0.4) is 0 Å². The van der Waals surface area contributed by atoms with Gasteiger partial charge in [0.05, 0.1) is 0 Å². The predicted octanol–water partition coefficient (Wildman–Crippen LogP) is 2.29. The molecule has 13 heavy (non-hydrogen) atoms. The normalized spacial score (nSPS) is 46.2. The van der Waals surface area contributed by atoms with Crippen LogP contribution in [0.25, 0.3) is 0 Å². The summed E-state index contributed by atoms with van der Waals surface area (Å²) in [4.78, 5) is 0. The molecule has 0 amide bonds. The van der Waals surface area contributed by atoms with Crippen LogP contribution < -0.4 is 0 Å². The molecule has 0 nitrogen and oxygen atoms in total. The van der Waals surface area contributed by atoms with Crippen molar-refractivity contribution in [3.63, 3.8) is 0 Å². The van der Waals surface area contributed by atoms with Crippen LogP contribution in [0.15, 0.2) is 0 Å². The van der Waals surface area contributed by atoms with Crippen LogP contribution in [0.1, 0.15) is 12.8 Å². The van der Waals surface area contributed by atoms with Gasteiger partial charge in [-0.3, -0.25) is 0 Å². The van der Waals surface area contributed by atoms with E-state index in [0.717, 1.165) is 21.6 Å². The Morgan fingerprint density at radius 2 is 1.31 bits per heavy atom. The van der Waals surface area contributed by atoms with E-state index in [4.69, 9.17) is 0 Å². The van der Waals surface area contributed by atoms with Crippen LogP contribution in [-0.2, 0) is 65.4 Å². The molecule has 0 aliphatic carbocycles. The molecule has 4 atom stereocenters. The molecule has 5 heteroatoms. The van der Waals surface area contributed by atoms with E-state index in [2.05, 4.69) is 23.5 Å². The van der Waals surface area contributed by atoms with Crippen LogP contribution in [0.4, 0.5) is 0 Å². The van der Waals surface area contributed by atoms with E-state index >= 15 is 0 Å². The van der Waals surface area contributed by atoms with Crippen molar-refractivity contribution in [2.24, 2.45) is 0 Å². The minimum absolute atomic E-state index is 0. The first-order valence-corrected chi connectivity index (χ1v) is 7.69. The molecule has 3 aliphatic heterocycles. The van der Waals surface area contributed by atoms with Crippen molar-refractivity contribution in [1.82, 2.24) is 0 Å². The Morgan fingerprint density at radius 1 is 0.846 bits per heavy atom. The number of thioether (sulfide) groups is 2. The molecule has 3 aliphatic rings. The van der Waals surface area contributed by atoms with E-state index in [-0.39, 0.29) is 65.4 Å². The van der Waals surface area contributed by atoms with E-state index in [1.165, 1.54) is 21.0 Å². The molecule has 0 spiro atoms. The molecule has 66 valence electrons. The first-order chi connectivity index (χ1) is 5.45. The third kappa shape index (κ3) is 2.69. The third-order valence-electron chi connectivity index (χ3n) is 3.02. The zero-order chi connectivity index (χ0) is 7.26. The van der Waals surface area contributed by atoms with Crippen molar-refractivity contribution < 1.29 is 65.4 Å². The Balaban J connectivity index is 0.000000422. The van der Waals surface area contributed by atoms with E-state index < -0.39 is 0 Å². The van der Waals surface area contributed by atoms with Gasteiger partial charge in [0.1, 0.15) is 0 Å². The molecule has 3 fully saturated rings. The van der Waals surface area contributed by atoms with E-state index in [0.29, 0.717) is 0 Å². The quantitative estimate of drug-likeness (QED) is 0.594. The number of hydrogen-bond donors (Lipinski definition) is 0. The van der Waals surface area contributed by atoms with Crippen molar-refractivity contribution >= 4 is 33.0 Å². The van der Waals surface area contributed by atoms with Gasteiger partial charge in [-0.05, 0) is 35.4 Å². The smallest absolute Gasteiger partial charge is 0.0476 e. The molecule has 0 bridgehead atoms. The summed E-state index contributed by atoms with van der Waals surface area (Å²) in [7, 11) is 1.33. The molecule has 4 unspecified atom stereocenters. The summed E-state index contributed by atoms with van der Waals surface area (Å²) in [5.41, 5.74) is 2.31. The molecule has 0 aromatic heterocycles. The fourth-order valence-corrected chi connectivity index (χ4v) is 9.51. The van der Waals surface area contributed by atoms with Gasteiger partial charge in [0, 0.05) is 85.4 Å². The fourth-order valence-electron chi connectivity index (χ4n) is 2.50. The van der Waals surface area contributed by atoms with Crippen molar-refractivity contribution in [3.8, 4) is 0 Å². The van der Waals surface area contributed by atoms with Crippen LogP contribution in [0.2, 0.25) is 11.1 Å². The SMILES string of the molecule is C1CC2[Si]C3CCSC3C2S1.[Y].[Y]. The first kappa shape index (κ1) is 14.2. The Labute approximate surface area is 142 Å². The Kier molecular flexibility index (Phi) is 6.73. The van der Waals surface area contributed by atoms with Crippen molar-refractivity contribution in [2.75, 3.05) is 11.5 Å². The summed E-state index contributed by atoms with van der Waals surface area (Å²) in [6.45, 7) is 0. The van der Waals surface area contributed by atoms with Gasteiger partial charge in [-0.25, -0.2) is 0 Å². The summed E-state index contributed by atoms with van der Waals surface area (Å²) < 4.78 is 0. The second-order valence-electron chi connectivity index (χ2n) is 3.63. The molecule has 4 radical (unpaired) electrons. The van der Waals surface area contributed by atoms with Crippen molar-refractivity contribution in [1.29, 1.82) is 0 Å². The minimum Gasteiger partial charge on any atom is -0.157 e. The van der Waals surface area contributed by atoms with Gasteiger partial charge in [0.15, 0.2) is 0 Å². The van der Waals surface area contributed by atoms with E-state index in [1.54, 1.807) is 12.8 Å². The maximum Gasteiger partial charge on any atom is 0.0476 e. The van der Waals surface area contributed by atoms with Crippen LogP contribution in [0, 0.1) is 0 Å². The molecule has 3 rings (SSSR count). The van der Waals surface area contributed by atoms with E-state index in [1.807, 2.05) is 0 Å². The number of hydrogen-bond acceptors (Lipinski definition) is 2. The van der Waals surface area contributed by atoms with Crippen molar-refractivity contribution in [3.05, 3.63) is 0 Å². The van der Waals surface area contributed by atoms with Crippen LogP contribution >= 0.6 is 23.5 Å². The monoisotopic (exact) mass is 378 g/mol. The second kappa shape index (κ2) is 6.16. The van der Waals surface area contributed by atoms with Crippen molar-refractivity contribution in [2.45, 2.75) is 34.4 Å². The second-order valence-corrected chi connectivity index (χ2v) is 8.02. The van der Waals surface area contributed by atoms with Gasteiger partial charge in [0.25, 0.3) is 0 Å². The summed E-state index contributed by atoms with van der Waals surface area (Å²) >= 11 is 4.55. The standard InChI is InChI=1S/C8H12S2Si.2Y/c1-3-9-7-5(1)11-6-2-4-10-8(6)7;;/h5-8H,1-4H2;;. The van der Waals surface area contributed by atoms with Gasteiger partial charge in [-0.2, -0.15) is 23.5 Å². The largest absolute Gasteiger partial charge is 0.157 e. The van der Waals surface area contributed by atoms with Gasteiger partial charge in [-0.1, -0.05) is 0 Å². The van der Waals surface area contributed by atoms with Gasteiger partial charge >= 0.3 is 0 Å². The molecule has 0 N–H and O–H groups in total. The van der Waals surface area contributed by atoms with Crippen LogP contribution in [-0.4, -0.2) is 31.5 Å². The van der Waals surface area contributed by atoms with E-state index in [9.17, 15) is 0 Å². The topological polar surface area (TPSA) is 0 Å². The minimum atomic E-state index is 0. The summed E-state index contributed by atoms with van der Waals surface area (Å²) in [5, 5.41) is 2.18. The molecule has 0 saturated carbocycles. The summed E-state index contributed by atoms with van der Waals surface area (Å²) in [5.74, 6) is 2.93. The molecule has 0 aromatic rings. The maximum absolute atomic E-state index is 2.28. The maximum atomic E-state index is 2.28. The Morgan fingerprint density at radius 3 is 1.77 bits per heavy atom. The van der Waals surface area contributed by atoms with Crippen LogP contribution in [0.5, 0.6) is 0 Å². The molecule has 0 aromatic carbocycles. The first-order valence-electron chi connectivity index (χ1n) is 4.44. The zero-order valence-electron chi connectivity index (χ0n) is 7.61. The van der Waals surface area contributed by atoms with Gasteiger partial charge in [0.2, 0.25) is 0 Å². The Bertz CT molecular complexity index is 164. The average Bonchev–Trinajstić information content (AvgIpc) is 2.52.